The molecule has 0 aromatic heterocycles. The number of rotatable bonds is 3. The van der Waals surface area contributed by atoms with E-state index in [0.29, 0.717) is 25.4 Å². The predicted octanol–water partition coefficient (Wildman–Crippen LogP) is 4.36. The molecule has 1 aliphatic rings. The van der Waals surface area contributed by atoms with Gasteiger partial charge in [-0.25, -0.2) is 4.39 Å². The molecule has 0 fully saturated rings. The first-order valence-corrected chi connectivity index (χ1v) is 7.60. The van der Waals surface area contributed by atoms with Crippen LogP contribution in [0.2, 0.25) is 0 Å². The molecule has 2 aromatic carbocycles. The van der Waals surface area contributed by atoms with E-state index in [1.165, 1.54) is 6.07 Å². The Morgan fingerprint density at radius 2 is 2.00 bits per heavy atom. The third-order valence-corrected chi connectivity index (χ3v) is 3.75. The third-order valence-electron chi connectivity index (χ3n) is 3.25. The molecule has 3 rings (SSSR count). The highest BCUT2D eigenvalue weighted by atomic mass is 79.9. The highest BCUT2D eigenvalue weighted by molar-refractivity contribution is 9.10. The summed E-state index contributed by atoms with van der Waals surface area (Å²) in [7, 11) is 0. The molecule has 0 amide bonds. The minimum absolute atomic E-state index is 0.288. The third kappa shape index (κ3) is 3.29. The summed E-state index contributed by atoms with van der Waals surface area (Å²) in [6.45, 7) is 1.77. The molecule has 0 spiro atoms. The van der Waals surface area contributed by atoms with E-state index in [4.69, 9.17) is 9.47 Å². The molecule has 0 radical (unpaired) electrons. The van der Waals surface area contributed by atoms with E-state index in [1.807, 2.05) is 18.2 Å². The Hall–Kier alpha value is -1.75. The molecule has 1 heterocycles. The molecule has 5 heteroatoms. The van der Waals surface area contributed by atoms with E-state index in [9.17, 15) is 4.39 Å². The average Bonchev–Trinajstić information content (AvgIpc) is 2.72. The normalized spacial score (nSPS) is 13.6. The van der Waals surface area contributed by atoms with E-state index < -0.39 is 0 Å². The Bertz CT molecular complexity index is 648. The largest absolute Gasteiger partial charge is 0.490 e. The maximum Gasteiger partial charge on any atom is 0.166 e. The van der Waals surface area contributed by atoms with E-state index in [2.05, 4.69) is 21.2 Å². The summed E-state index contributed by atoms with van der Waals surface area (Å²) in [5.74, 6) is 1.21. The summed E-state index contributed by atoms with van der Waals surface area (Å²) in [5, 5.41) is 3.10. The van der Waals surface area contributed by atoms with Crippen LogP contribution in [0, 0.1) is 5.82 Å². The summed E-state index contributed by atoms with van der Waals surface area (Å²) >= 11 is 3.25. The SMILES string of the molecule is Fc1cc(Br)ccc1NCc1cccc2c1OCCCO2. The molecule has 0 bridgehead atoms. The zero-order chi connectivity index (χ0) is 14.7. The molecule has 1 aliphatic heterocycles. The van der Waals surface area contributed by atoms with Crippen molar-refractivity contribution < 1.29 is 13.9 Å². The minimum atomic E-state index is -0.288. The first-order valence-electron chi connectivity index (χ1n) is 6.80. The van der Waals surface area contributed by atoms with Crippen molar-refractivity contribution in [3.8, 4) is 11.5 Å². The van der Waals surface area contributed by atoms with Crippen molar-refractivity contribution in [2.45, 2.75) is 13.0 Å². The molecule has 0 unspecified atom stereocenters. The van der Waals surface area contributed by atoms with Gasteiger partial charge in [0.25, 0.3) is 0 Å². The Morgan fingerprint density at radius 3 is 2.86 bits per heavy atom. The topological polar surface area (TPSA) is 30.5 Å². The fourth-order valence-corrected chi connectivity index (χ4v) is 2.55. The van der Waals surface area contributed by atoms with E-state index in [0.717, 1.165) is 28.0 Å². The predicted molar refractivity (Wildman–Crippen MR) is 83.5 cm³/mol. The van der Waals surface area contributed by atoms with Gasteiger partial charge in [0.1, 0.15) is 5.82 Å². The average molecular weight is 352 g/mol. The zero-order valence-corrected chi connectivity index (χ0v) is 13.0. The maximum atomic E-state index is 13.8. The van der Waals surface area contributed by atoms with Gasteiger partial charge in [-0.2, -0.15) is 0 Å². The lowest BCUT2D eigenvalue weighted by molar-refractivity contribution is 0.296. The van der Waals surface area contributed by atoms with E-state index in [1.54, 1.807) is 12.1 Å². The lowest BCUT2D eigenvalue weighted by Gasteiger charge is -2.14. The van der Waals surface area contributed by atoms with Crippen molar-refractivity contribution in [2.24, 2.45) is 0 Å². The van der Waals surface area contributed by atoms with E-state index >= 15 is 0 Å². The molecule has 0 saturated heterocycles. The zero-order valence-electron chi connectivity index (χ0n) is 11.4. The Balaban J connectivity index is 1.79. The number of anilines is 1. The Kier molecular flexibility index (Phi) is 4.29. The molecular formula is C16H15BrFNO2. The van der Waals surface area contributed by atoms with Gasteiger partial charge in [0.15, 0.2) is 11.5 Å². The highest BCUT2D eigenvalue weighted by Crippen LogP contribution is 2.33. The second-order valence-corrected chi connectivity index (χ2v) is 5.69. The monoisotopic (exact) mass is 351 g/mol. The molecule has 2 aromatic rings. The van der Waals surface area contributed by atoms with Crippen LogP contribution in [0.4, 0.5) is 10.1 Å². The van der Waals surface area contributed by atoms with Crippen molar-refractivity contribution in [3.05, 3.63) is 52.3 Å². The Morgan fingerprint density at radius 1 is 1.14 bits per heavy atom. The first kappa shape index (κ1) is 14.2. The van der Waals surface area contributed by atoms with Gasteiger partial charge >= 0.3 is 0 Å². The minimum Gasteiger partial charge on any atom is -0.490 e. The van der Waals surface area contributed by atoms with Crippen LogP contribution in [0.25, 0.3) is 0 Å². The molecule has 110 valence electrons. The molecule has 0 atom stereocenters. The van der Waals surface area contributed by atoms with Crippen LogP contribution in [0.3, 0.4) is 0 Å². The molecule has 0 aliphatic carbocycles. The van der Waals surface area contributed by atoms with Crippen LogP contribution in [0.5, 0.6) is 11.5 Å². The number of nitrogens with one attached hydrogen (secondary N) is 1. The molecule has 21 heavy (non-hydrogen) atoms. The van der Waals surface area contributed by atoms with Gasteiger partial charge < -0.3 is 14.8 Å². The first-order chi connectivity index (χ1) is 10.2. The fraction of sp³-hybridized carbons (Fsp3) is 0.250. The van der Waals surface area contributed by atoms with Crippen molar-refractivity contribution >= 4 is 21.6 Å². The van der Waals surface area contributed by atoms with Gasteiger partial charge in [-0.05, 0) is 24.3 Å². The number of benzene rings is 2. The van der Waals surface area contributed by atoms with Crippen molar-refractivity contribution in [1.29, 1.82) is 0 Å². The van der Waals surface area contributed by atoms with Crippen LogP contribution in [-0.4, -0.2) is 13.2 Å². The highest BCUT2D eigenvalue weighted by Gasteiger charge is 2.14. The summed E-state index contributed by atoms with van der Waals surface area (Å²) in [6, 6.07) is 10.7. The van der Waals surface area contributed by atoms with Gasteiger partial charge in [0.2, 0.25) is 0 Å². The van der Waals surface area contributed by atoms with Crippen molar-refractivity contribution in [3.63, 3.8) is 0 Å². The van der Waals surface area contributed by atoms with Crippen LogP contribution in [-0.2, 0) is 6.54 Å². The number of fused-ring (bicyclic) bond motifs is 1. The smallest absolute Gasteiger partial charge is 0.166 e. The lowest BCUT2D eigenvalue weighted by Crippen LogP contribution is -2.04. The van der Waals surface area contributed by atoms with Crippen LogP contribution < -0.4 is 14.8 Å². The quantitative estimate of drug-likeness (QED) is 0.890. The van der Waals surface area contributed by atoms with Gasteiger partial charge in [-0.15, -0.1) is 0 Å². The standard InChI is InChI=1S/C16H15BrFNO2/c17-12-5-6-14(13(18)9-12)19-10-11-3-1-4-15-16(11)21-8-2-7-20-15/h1,3-6,9,19H,2,7-8,10H2. The van der Waals surface area contributed by atoms with Crippen LogP contribution in [0.1, 0.15) is 12.0 Å². The Labute approximate surface area is 131 Å². The number of halogens is 2. The number of para-hydroxylation sites is 1. The van der Waals surface area contributed by atoms with Crippen LogP contribution in [0.15, 0.2) is 40.9 Å². The van der Waals surface area contributed by atoms with E-state index in [-0.39, 0.29) is 5.82 Å². The second-order valence-electron chi connectivity index (χ2n) is 4.77. The van der Waals surface area contributed by atoms with Gasteiger partial charge in [-0.3, -0.25) is 0 Å². The maximum absolute atomic E-state index is 13.8. The summed E-state index contributed by atoms with van der Waals surface area (Å²) in [5.41, 5.74) is 1.42. The summed E-state index contributed by atoms with van der Waals surface area (Å²) in [6.07, 6.45) is 0.864. The molecule has 3 nitrogen and oxygen atoms in total. The van der Waals surface area contributed by atoms with Crippen molar-refractivity contribution in [2.75, 3.05) is 18.5 Å². The van der Waals surface area contributed by atoms with Crippen LogP contribution >= 0.6 is 15.9 Å². The molecule has 0 saturated carbocycles. The molecule has 1 N–H and O–H groups in total. The fourth-order valence-electron chi connectivity index (χ4n) is 2.22. The number of ether oxygens (including phenoxy) is 2. The van der Waals surface area contributed by atoms with Crippen molar-refractivity contribution in [1.82, 2.24) is 0 Å². The molecular weight excluding hydrogens is 337 g/mol. The number of hydrogen-bond acceptors (Lipinski definition) is 3. The van der Waals surface area contributed by atoms with Gasteiger partial charge in [0, 0.05) is 23.0 Å². The lowest BCUT2D eigenvalue weighted by atomic mass is 10.1. The summed E-state index contributed by atoms with van der Waals surface area (Å²) < 4.78 is 25.9. The summed E-state index contributed by atoms with van der Waals surface area (Å²) in [4.78, 5) is 0. The van der Waals surface area contributed by atoms with Gasteiger partial charge in [0.05, 0.1) is 18.9 Å². The number of hydrogen-bond donors (Lipinski definition) is 1. The second kappa shape index (κ2) is 6.35. The van der Waals surface area contributed by atoms with Gasteiger partial charge in [-0.1, -0.05) is 28.1 Å².